The van der Waals surface area contributed by atoms with Gasteiger partial charge in [0, 0.05) is 5.88 Å². The van der Waals surface area contributed by atoms with Crippen LogP contribution in [0.4, 0.5) is 0 Å². The van der Waals surface area contributed by atoms with E-state index in [4.69, 9.17) is 11.6 Å². The van der Waals surface area contributed by atoms with E-state index in [1.54, 1.807) is 0 Å². The second-order valence-electron chi connectivity index (χ2n) is 8.42. The van der Waals surface area contributed by atoms with Crippen molar-refractivity contribution in [3.8, 4) is 0 Å². The first-order valence-corrected chi connectivity index (χ1v) is 8.39. The zero-order valence-corrected chi connectivity index (χ0v) is 12.6. The smallest absolute Gasteiger partial charge is 0.226 e. The van der Waals surface area contributed by atoms with Crippen molar-refractivity contribution in [2.45, 2.75) is 63.8 Å². The van der Waals surface area contributed by atoms with Crippen molar-refractivity contribution in [3.63, 3.8) is 0 Å². The fourth-order valence-corrected chi connectivity index (χ4v) is 6.14. The Morgan fingerprint density at radius 2 is 1.84 bits per heavy atom. The first-order chi connectivity index (χ1) is 8.97. The Labute approximate surface area is 120 Å². The summed E-state index contributed by atoms with van der Waals surface area (Å²) in [5.41, 5.74) is 0.364. The summed E-state index contributed by atoms with van der Waals surface area (Å²) in [7, 11) is 0. The van der Waals surface area contributed by atoms with E-state index in [0.717, 1.165) is 43.9 Å². The van der Waals surface area contributed by atoms with Crippen molar-refractivity contribution in [3.05, 3.63) is 0 Å². The van der Waals surface area contributed by atoms with Crippen molar-refractivity contribution >= 4 is 17.5 Å². The average Bonchev–Trinajstić information content (AvgIpc) is 3.06. The zero-order valence-electron chi connectivity index (χ0n) is 11.8. The van der Waals surface area contributed by atoms with Gasteiger partial charge in [0.2, 0.25) is 5.91 Å². The summed E-state index contributed by atoms with van der Waals surface area (Å²) in [6, 6.07) is 0. The highest BCUT2D eigenvalue weighted by molar-refractivity contribution is 6.19. The molecular formula is C16H24ClNO. The maximum Gasteiger partial charge on any atom is 0.226 e. The topological polar surface area (TPSA) is 29.1 Å². The minimum Gasteiger partial charge on any atom is -0.349 e. The summed E-state index contributed by atoms with van der Waals surface area (Å²) in [5, 5.41) is 3.32. The Balaban J connectivity index is 1.58. The van der Waals surface area contributed by atoms with Crippen LogP contribution in [0.25, 0.3) is 0 Å². The largest absolute Gasteiger partial charge is 0.349 e. The zero-order chi connectivity index (χ0) is 13.3. The molecule has 0 aromatic rings. The van der Waals surface area contributed by atoms with Crippen LogP contribution in [0.2, 0.25) is 0 Å². The fraction of sp³-hybridized carbons (Fsp3) is 0.938. The molecule has 5 fully saturated rings. The molecular weight excluding hydrogens is 258 g/mol. The van der Waals surface area contributed by atoms with E-state index in [-0.39, 0.29) is 11.0 Å². The van der Waals surface area contributed by atoms with E-state index in [2.05, 4.69) is 12.2 Å². The predicted molar refractivity (Wildman–Crippen MR) is 76.0 cm³/mol. The molecule has 19 heavy (non-hydrogen) atoms. The van der Waals surface area contributed by atoms with Gasteiger partial charge in [0.25, 0.3) is 0 Å². The molecule has 1 amide bonds. The maximum absolute atomic E-state index is 12.9. The van der Waals surface area contributed by atoms with Gasteiger partial charge in [-0.2, -0.15) is 0 Å². The van der Waals surface area contributed by atoms with Gasteiger partial charge >= 0.3 is 0 Å². The van der Waals surface area contributed by atoms with Crippen LogP contribution < -0.4 is 5.32 Å². The number of carbonyl (C=O) groups excluding carboxylic acids is 1. The van der Waals surface area contributed by atoms with Crippen molar-refractivity contribution in [1.29, 1.82) is 0 Å². The molecule has 1 N–H and O–H groups in total. The summed E-state index contributed by atoms with van der Waals surface area (Å²) in [5.74, 6) is 2.54. The second-order valence-corrected chi connectivity index (χ2v) is 8.69. The molecule has 0 aromatic carbocycles. The minimum atomic E-state index is -0.0412. The highest BCUT2D eigenvalue weighted by atomic mass is 35.5. The van der Waals surface area contributed by atoms with Gasteiger partial charge in [0.05, 0.1) is 11.0 Å². The Morgan fingerprint density at radius 3 is 2.32 bits per heavy atom. The first-order valence-electron chi connectivity index (χ1n) is 7.85. The molecule has 0 heterocycles. The molecule has 0 aromatic heterocycles. The van der Waals surface area contributed by atoms with Crippen LogP contribution in [-0.2, 0) is 4.79 Å². The molecule has 0 aliphatic heterocycles. The molecule has 5 rings (SSSR count). The van der Waals surface area contributed by atoms with E-state index in [1.165, 1.54) is 19.3 Å². The molecule has 0 saturated heterocycles. The summed E-state index contributed by atoms with van der Waals surface area (Å²) in [6.07, 6.45) is 9.65. The van der Waals surface area contributed by atoms with Crippen molar-refractivity contribution < 1.29 is 4.79 Å². The van der Waals surface area contributed by atoms with Crippen LogP contribution >= 0.6 is 11.6 Å². The lowest BCUT2D eigenvalue weighted by molar-refractivity contribution is -0.156. The highest BCUT2D eigenvalue weighted by Crippen LogP contribution is 2.65. The van der Waals surface area contributed by atoms with E-state index in [9.17, 15) is 4.79 Å². The normalized spacial score (nSPS) is 49.2. The Kier molecular flexibility index (Phi) is 2.43. The second kappa shape index (κ2) is 3.69. The number of alkyl halides is 1. The number of rotatable bonds is 3. The van der Waals surface area contributed by atoms with Crippen LogP contribution in [0.1, 0.15) is 58.3 Å². The van der Waals surface area contributed by atoms with Gasteiger partial charge in [0.15, 0.2) is 0 Å². The van der Waals surface area contributed by atoms with E-state index in [1.807, 2.05) is 0 Å². The third kappa shape index (κ3) is 1.86. The SMILES string of the molecule is CC12CC3CC(C1)CC(C(=O)NC1(CCl)CC1)(C3)C2. The van der Waals surface area contributed by atoms with Gasteiger partial charge < -0.3 is 5.32 Å². The van der Waals surface area contributed by atoms with Crippen LogP contribution in [0.15, 0.2) is 0 Å². The quantitative estimate of drug-likeness (QED) is 0.789. The Hall–Kier alpha value is -0.240. The lowest BCUT2D eigenvalue weighted by Crippen LogP contribution is -2.58. The number of hydrogen-bond acceptors (Lipinski definition) is 1. The van der Waals surface area contributed by atoms with Crippen LogP contribution in [0, 0.1) is 22.7 Å². The van der Waals surface area contributed by atoms with Crippen LogP contribution in [-0.4, -0.2) is 17.3 Å². The van der Waals surface area contributed by atoms with E-state index < -0.39 is 0 Å². The maximum atomic E-state index is 12.9. The molecule has 106 valence electrons. The van der Waals surface area contributed by atoms with Gasteiger partial charge in [0.1, 0.15) is 0 Å². The molecule has 2 unspecified atom stereocenters. The van der Waals surface area contributed by atoms with Gasteiger partial charge in [-0.3, -0.25) is 4.79 Å². The van der Waals surface area contributed by atoms with E-state index >= 15 is 0 Å². The van der Waals surface area contributed by atoms with Crippen molar-refractivity contribution in [2.24, 2.45) is 22.7 Å². The summed E-state index contributed by atoms with van der Waals surface area (Å²) in [6.45, 7) is 2.42. The molecule has 5 aliphatic carbocycles. The molecule has 0 spiro atoms. The molecule has 0 radical (unpaired) electrons. The molecule has 4 bridgehead atoms. The average molecular weight is 282 g/mol. The molecule has 5 aliphatic rings. The van der Waals surface area contributed by atoms with Gasteiger partial charge in [-0.1, -0.05) is 6.92 Å². The number of halogens is 1. The number of carbonyl (C=O) groups is 1. The van der Waals surface area contributed by atoms with E-state index in [0.29, 0.717) is 17.2 Å². The lowest BCUT2D eigenvalue weighted by Gasteiger charge is -2.60. The van der Waals surface area contributed by atoms with Crippen LogP contribution in [0.3, 0.4) is 0 Å². The monoisotopic (exact) mass is 281 g/mol. The third-order valence-electron chi connectivity index (χ3n) is 6.32. The standard InChI is InChI=1S/C16H24ClNO/c1-14-5-11-4-12(6-14)8-15(7-11,9-14)13(19)18-16(10-17)2-3-16/h11-12H,2-10H2,1H3,(H,18,19). The number of nitrogens with one attached hydrogen (secondary N) is 1. The minimum absolute atomic E-state index is 0.0388. The van der Waals surface area contributed by atoms with Gasteiger partial charge in [-0.25, -0.2) is 0 Å². The lowest BCUT2D eigenvalue weighted by atomic mass is 9.44. The highest BCUT2D eigenvalue weighted by Gasteiger charge is 2.60. The molecule has 2 atom stereocenters. The Morgan fingerprint density at radius 1 is 1.21 bits per heavy atom. The van der Waals surface area contributed by atoms with Gasteiger partial charge in [-0.05, 0) is 68.6 Å². The summed E-state index contributed by atoms with van der Waals surface area (Å²) < 4.78 is 0. The Bertz CT molecular complexity index is 414. The van der Waals surface area contributed by atoms with Crippen LogP contribution in [0.5, 0.6) is 0 Å². The molecule has 2 nitrogen and oxygen atoms in total. The molecule has 3 heteroatoms. The third-order valence-corrected chi connectivity index (χ3v) is 6.83. The van der Waals surface area contributed by atoms with Crippen molar-refractivity contribution in [2.75, 3.05) is 5.88 Å². The van der Waals surface area contributed by atoms with Gasteiger partial charge in [-0.15, -0.1) is 11.6 Å². The summed E-state index contributed by atoms with van der Waals surface area (Å²) in [4.78, 5) is 12.9. The molecule has 5 saturated carbocycles. The summed E-state index contributed by atoms with van der Waals surface area (Å²) >= 11 is 6.02. The number of hydrogen-bond donors (Lipinski definition) is 1. The first kappa shape index (κ1) is 12.5. The fourth-order valence-electron chi connectivity index (χ4n) is 5.80. The number of amides is 1. The van der Waals surface area contributed by atoms with Crippen molar-refractivity contribution in [1.82, 2.24) is 5.32 Å². The predicted octanol–water partition coefficient (Wildman–Crippen LogP) is 3.48.